The normalized spacial score (nSPS) is 11.1. The molecule has 0 fully saturated rings. The fourth-order valence-electron chi connectivity index (χ4n) is 2.15. The molecule has 0 aliphatic rings. The van der Waals surface area contributed by atoms with Crippen LogP contribution in [0.5, 0.6) is 0 Å². The minimum absolute atomic E-state index is 0.496. The average molecular weight is 372 g/mol. The van der Waals surface area contributed by atoms with Crippen molar-refractivity contribution < 1.29 is 4.42 Å². The van der Waals surface area contributed by atoms with E-state index in [1.807, 2.05) is 54.6 Å². The Labute approximate surface area is 139 Å². The van der Waals surface area contributed by atoms with E-state index in [2.05, 4.69) is 31.1 Å². The minimum atomic E-state index is 0.496. The van der Waals surface area contributed by atoms with E-state index in [1.165, 1.54) is 11.8 Å². The smallest absolute Gasteiger partial charge is 0.281 e. The zero-order valence-electron chi connectivity index (χ0n) is 11.3. The predicted molar refractivity (Wildman–Crippen MR) is 89.9 cm³/mol. The lowest BCUT2D eigenvalue weighted by molar-refractivity contribution is 0.465. The van der Waals surface area contributed by atoms with Crippen molar-refractivity contribution in [3.05, 3.63) is 59.1 Å². The lowest BCUT2D eigenvalue weighted by Crippen LogP contribution is -1.76. The number of halogens is 1. The van der Waals surface area contributed by atoms with Crippen LogP contribution < -0.4 is 0 Å². The van der Waals surface area contributed by atoms with Crippen LogP contribution in [0.2, 0.25) is 0 Å². The Morgan fingerprint density at radius 1 is 1.00 bits per heavy atom. The summed E-state index contributed by atoms with van der Waals surface area (Å²) in [5.41, 5.74) is 1.88. The Kier molecular flexibility index (Phi) is 3.48. The van der Waals surface area contributed by atoms with E-state index in [4.69, 9.17) is 4.42 Å². The van der Waals surface area contributed by atoms with E-state index in [0.29, 0.717) is 11.1 Å². The van der Waals surface area contributed by atoms with Gasteiger partial charge in [0.25, 0.3) is 11.1 Å². The highest BCUT2D eigenvalue weighted by atomic mass is 79.9. The Bertz CT molecular complexity index is 897. The third-order valence-corrected chi connectivity index (χ3v) is 4.56. The molecule has 2 aromatic carbocycles. The van der Waals surface area contributed by atoms with Crippen molar-refractivity contribution in [1.82, 2.24) is 15.2 Å². The summed E-state index contributed by atoms with van der Waals surface area (Å²) in [6.45, 7) is 0. The number of para-hydroxylation sites is 1. The number of hydrogen-bond acceptors (Lipinski definition) is 4. The molecule has 108 valence electrons. The number of hydrogen-bond donors (Lipinski definition) is 1. The van der Waals surface area contributed by atoms with Gasteiger partial charge < -0.3 is 9.40 Å². The molecule has 0 saturated carbocycles. The molecule has 0 amide bonds. The first-order valence-electron chi connectivity index (χ1n) is 6.63. The van der Waals surface area contributed by atoms with Gasteiger partial charge in [0.1, 0.15) is 5.69 Å². The quantitative estimate of drug-likeness (QED) is 0.542. The predicted octanol–water partition coefficient (Wildman–Crippen LogP) is 5.13. The summed E-state index contributed by atoms with van der Waals surface area (Å²) in [4.78, 5) is 4.34. The molecular formula is C16H10BrN3OS. The van der Waals surface area contributed by atoms with Gasteiger partial charge in [0.15, 0.2) is 0 Å². The third kappa shape index (κ3) is 2.67. The number of nitrogens with one attached hydrogen (secondary N) is 1. The van der Waals surface area contributed by atoms with Crippen molar-refractivity contribution in [3.8, 4) is 11.6 Å². The van der Waals surface area contributed by atoms with Crippen molar-refractivity contribution in [1.29, 1.82) is 0 Å². The number of aromatic amines is 1. The van der Waals surface area contributed by atoms with Gasteiger partial charge in [-0.2, -0.15) is 0 Å². The highest BCUT2D eigenvalue weighted by Gasteiger charge is 2.12. The minimum Gasteiger partial charge on any atom is -0.409 e. The highest BCUT2D eigenvalue weighted by molar-refractivity contribution is 9.10. The van der Waals surface area contributed by atoms with E-state index in [9.17, 15) is 0 Å². The van der Waals surface area contributed by atoms with Crippen molar-refractivity contribution in [2.45, 2.75) is 10.1 Å². The van der Waals surface area contributed by atoms with Crippen LogP contribution in [0.4, 0.5) is 0 Å². The van der Waals surface area contributed by atoms with Crippen molar-refractivity contribution in [2.75, 3.05) is 0 Å². The molecule has 0 saturated heterocycles. The first-order valence-corrected chi connectivity index (χ1v) is 8.24. The molecule has 4 aromatic rings. The first kappa shape index (κ1) is 13.6. The fraction of sp³-hybridized carbons (Fsp3) is 0. The average Bonchev–Trinajstić information content (AvgIpc) is 3.15. The lowest BCUT2D eigenvalue weighted by Gasteiger charge is -1.95. The molecule has 4 nitrogen and oxygen atoms in total. The van der Waals surface area contributed by atoms with Crippen LogP contribution in [0.3, 0.4) is 0 Å². The molecule has 0 radical (unpaired) electrons. The molecule has 2 heterocycles. The van der Waals surface area contributed by atoms with E-state index in [1.54, 1.807) is 0 Å². The summed E-state index contributed by atoms with van der Waals surface area (Å²) in [6.07, 6.45) is 0. The summed E-state index contributed by atoms with van der Waals surface area (Å²) in [7, 11) is 0. The molecule has 1 N–H and O–H groups in total. The first-order chi connectivity index (χ1) is 10.8. The summed E-state index contributed by atoms with van der Waals surface area (Å²) in [5, 5.41) is 9.86. The molecular weight excluding hydrogens is 362 g/mol. The number of benzene rings is 2. The largest absolute Gasteiger partial charge is 0.409 e. The van der Waals surface area contributed by atoms with Crippen LogP contribution in [0, 0.1) is 0 Å². The zero-order chi connectivity index (χ0) is 14.9. The van der Waals surface area contributed by atoms with Crippen LogP contribution in [0.1, 0.15) is 0 Å². The lowest BCUT2D eigenvalue weighted by atomic mass is 10.2. The molecule has 22 heavy (non-hydrogen) atoms. The van der Waals surface area contributed by atoms with E-state index < -0.39 is 0 Å². The summed E-state index contributed by atoms with van der Waals surface area (Å²) in [6, 6.07) is 18.0. The maximum atomic E-state index is 5.73. The third-order valence-electron chi connectivity index (χ3n) is 3.19. The number of H-pyrrole nitrogens is 1. The second-order valence-corrected chi connectivity index (χ2v) is 6.64. The van der Waals surface area contributed by atoms with Gasteiger partial charge in [0.2, 0.25) is 0 Å². The summed E-state index contributed by atoms with van der Waals surface area (Å²) < 4.78 is 6.77. The number of aromatic nitrogens is 3. The monoisotopic (exact) mass is 371 g/mol. The molecule has 0 bridgehead atoms. The second-order valence-electron chi connectivity index (χ2n) is 4.70. The molecule has 2 aromatic heterocycles. The molecule has 0 spiro atoms. The van der Waals surface area contributed by atoms with Gasteiger partial charge in [0, 0.05) is 20.3 Å². The molecule has 0 aliphatic carbocycles. The van der Waals surface area contributed by atoms with E-state index >= 15 is 0 Å². The van der Waals surface area contributed by atoms with Gasteiger partial charge in [-0.25, -0.2) is 0 Å². The SMILES string of the molecule is Brc1ccc(Sc2nnc(-c3cc4ccccc4[nH]3)o2)cc1. The van der Waals surface area contributed by atoms with Crippen molar-refractivity contribution >= 4 is 38.6 Å². The van der Waals surface area contributed by atoms with Gasteiger partial charge in [0.05, 0.1) is 0 Å². The fourth-order valence-corrected chi connectivity index (χ4v) is 3.09. The van der Waals surface area contributed by atoms with Crippen LogP contribution in [-0.4, -0.2) is 15.2 Å². The van der Waals surface area contributed by atoms with Crippen molar-refractivity contribution in [3.63, 3.8) is 0 Å². The highest BCUT2D eigenvalue weighted by Crippen LogP contribution is 2.30. The van der Waals surface area contributed by atoms with Gasteiger partial charge in [-0.15, -0.1) is 10.2 Å². The van der Waals surface area contributed by atoms with E-state index in [0.717, 1.165) is 26.0 Å². The van der Waals surface area contributed by atoms with Gasteiger partial charge in [-0.3, -0.25) is 0 Å². The Morgan fingerprint density at radius 2 is 1.82 bits per heavy atom. The topological polar surface area (TPSA) is 54.7 Å². The van der Waals surface area contributed by atoms with E-state index in [-0.39, 0.29) is 0 Å². The standard InChI is InChI=1S/C16H10BrN3OS/c17-11-5-7-12(8-6-11)22-16-20-19-15(21-16)14-9-10-3-1-2-4-13(10)18-14/h1-9,18H. The number of fused-ring (bicyclic) bond motifs is 1. The van der Waals surface area contributed by atoms with Gasteiger partial charge >= 0.3 is 0 Å². The molecule has 0 aliphatic heterocycles. The van der Waals surface area contributed by atoms with Gasteiger partial charge in [-0.05, 0) is 48.2 Å². The summed E-state index contributed by atoms with van der Waals surface area (Å²) in [5.74, 6) is 0.496. The van der Waals surface area contributed by atoms with Crippen molar-refractivity contribution in [2.24, 2.45) is 0 Å². The van der Waals surface area contributed by atoms with Crippen LogP contribution in [0.25, 0.3) is 22.5 Å². The van der Waals surface area contributed by atoms with Crippen LogP contribution in [-0.2, 0) is 0 Å². The Hall–Kier alpha value is -2.05. The van der Waals surface area contributed by atoms with Crippen LogP contribution in [0.15, 0.2) is 73.6 Å². The molecule has 0 atom stereocenters. The zero-order valence-corrected chi connectivity index (χ0v) is 13.7. The molecule has 6 heteroatoms. The number of rotatable bonds is 3. The Morgan fingerprint density at radius 3 is 2.64 bits per heavy atom. The maximum absolute atomic E-state index is 5.73. The molecule has 4 rings (SSSR count). The van der Waals surface area contributed by atoms with Crippen LogP contribution >= 0.6 is 27.7 Å². The Balaban J connectivity index is 1.61. The second kappa shape index (κ2) is 5.62. The molecule has 0 unspecified atom stereocenters. The van der Waals surface area contributed by atoms with Gasteiger partial charge in [-0.1, -0.05) is 34.1 Å². The maximum Gasteiger partial charge on any atom is 0.281 e. The summed E-state index contributed by atoms with van der Waals surface area (Å²) >= 11 is 4.86. The number of nitrogens with zero attached hydrogens (tertiary/aromatic N) is 2.